The molecule has 0 bridgehead atoms. The molecule has 0 saturated heterocycles. The molecule has 0 aromatic heterocycles. The van der Waals surface area contributed by atoms with E-state index in [9.17, 15) is 9.59 Å². The average molecular weight is 279 g/mol. The summed E-state index contributed by atoms with van der Waals surface area (Å²) in [6.45, 7) is 3.52. The third-order valence-corrected chi connectivity index (χ3v) is 3.97. The van der Waals surface area contributed by atoms with Crippen LogP contribution in [0.2, 0.25) is 0 Å². The summed E-state index contributed by atoms with van der Waals surface area (Å²) in [7, 11) is 0. The lowest BCUT2D eigenvalue weighted by Gasteiger charge is -2.28. The number of anilines is 1. The highest BCUT2D eigenvalue weighted by molar-refractivity contribution is 6.15. The van der Waals surface area contributed by atoms with Gasteiger partial charge in [0, 0.05) is 17.7 Å². The number of hydrogen-bond acceptors (Lipinski definition) is 3. The Balaban J connectivity index is 2.14. The van der Waals surface area contributed by atoms with Crippen LogP contribution in [-0.2, 0) is 10.3 Å². The maximum Gasteiger partial charge on any atom is 0.195 e. The molecule has 0 unspecified atom stereocenters. The molecule has 1 aliphatic heterocycles. The van der Waals surface area contributed by atoms with Crippen LogP contribution in [0.5, 0.6) is 0 Å². The lowest BCUT2D eigenvalue weighted by Crippen LogP contribution is -2.40. The Morgan fingerprint density at radius 3 is 2.38 bits per heavy atom. The zero-order chi connectivity index (χ0) is 15.0. The van der Waals surface area contributed by atoms with E-state index >= 15 is 0 Å². The summed E-state index contributed by atoms with van der Waals surface area (Å²) >= 11 is 0. The molecule has 2 aromatic carbocycles. The molecule has 1 heterocycles. The van der Waals surface area contributed by atoms with Crippen LogP contribution in [0.1, 0.15) is 34.8 Å². The predicted molar refractivity (Wildman–Crippen MR) is 82.6 cm³/mol. The van der Waals surface area contributed by atoms with Crippen molar-refractivity contribution in [3.05, 3.63) is 65.2 Å². The quantitative estimate of drug-likeness (QED) is 0.935. The molecule has 21 heavy (non-hydrogen) atoms. The van der Waals surface area contributed by atoms with Gasteiger partial charge in [-0.05, 0) is 31.5 Å². The van der Waals surface area contributed by atoms with Crippen molar-refractivity contribution in [1.82, 2.24) is 0 Å². The second kappa shape index (κ2) is 4.85. The summed E-state index contributed by atoms with van der Waals surface area (Å²) in [4.78, 5) is 24.7. The molecule has 0 saturated carbocycles. The number of para-hydroxylation sites is 1. The van der Waals surface area contributed by atoms with Gasteiger partial charge in [-0.15, -0.1) is 0 Å². The minimum Gasteiger partial charge on any atom is -0.368 e. The monoisotopic (exact) mass is 279 g/mol. The largest absolute Gasteiger partial charge is 0.368 e. The van der Waals surface area contributed by atoms with Crippen LogP contribution in [0.25, 0.3) is 0 Å². The van der Waals surface area contributed by atoms with E-state index in [2.05, 4.69) is 5.32 Å². The van der Waals surface area contributed by atoms with Crippen LogP contribution in [0.4, 0.5) is 5.69 Å². The summed E-state index contributed by atoms with van der Waals surface area (Å²) in [5.41, 5.74) is 2.44. The summed E-state index contributed by atoms with van der Waals surface area (Å²) in [5.74, 6) is -0.0404. The first-order valence-corrected chi connectivity index (χ1v) is 7.01. The van der Waals surface area contributed by atoms with Gasteiger partial charge in [0.05, 0.1) is 0 Å². The molecule has 0 radical (unpaired) electrons. The first-order chi connectivity index (χ1) is 10.0. The van der Waals surface area contributed by atoms with Crippen molar-refractivity contribution >= 4 is 17.3 Å². The van der Waals surface area contributed by atoms with Crippen LogP contribution >= 0.6 is 0 Å². The first-order valence-electron chi connectivity index (χ1n) is 7.01. The highest BCUT2D eigenvalue weighted by atomic mass is 16.1. The van der Waals surface area contributed by atoms with Gasteiger partial charge in [-0.2, -0.15) is 0 Å². The molecule has 1 N–H and O–H groups in total. The smallest absolute Gasteiger partial charge is 0.195 e. The number of fused-ring (bicyclic) bond motifs is 1. The van der Waals surface area contributed by atoms with Crippen molar-refractivity contribution in [3.8, 4) is 0 Å². The van der Waals surface area contributed by atoms with E-state index in [-0.39, 0.29) is 18.0 Å². The SMILES string of the molecule is CC(=O)C[C@@]1(c2ccc(C)cc2)Nc2ccccc2C1=O. The van der Waals surface area contributed by atoms with Gasteiger partial charge in [0.1, 0.15) is 11.3 Å². The molecular weight excluding hydrogens is 262 g/mol. The van der Waals surface area contributed by atoms with Crippen LogP contribution in [0.15, 0.2) is 48.5 Å². The molecule has 106 valence electrons. The fourth-order valence-corrected chi connectivity index (χ4v) is 2.95. The molecule has 3 heteroatoms. The Morgan fingerprint density at radius 1 is 1.10 bits per heavy atom. The Morgan fingerprint density at radius 2 is 1.76 bits per heavy atom. The number of hydrogen-bond donors (Lipinski definition) is 1. The number of carbonyl (C=O) groups is 2. The topological polar surface area (TPSA) is 46.2 Å². The van der Waals surface area contributed by atoms with Gasteiger partial charge in [-0.3, -0.25) is 9.59 Å². The van der Waals surface area contributed by atoms with E-state index in [4.69, 9.17) is 0 Å². The number of Topliss-reactive ketones (excluding diaryl/α,β-unsaturated/α-hetero) is 2. The zero-order valence-electron chi connectivity index (χ0n) is 12.1. The Kier molecular flexibility index (Phi) is 3.13. The van der Waals surface area contributed by atoms with Crippen LogP contribution in [0.3, 0.4) is 0 Å². The molecular formula is C18H17NO2. The summed E-state index contributed by atoms with van der Waals surface area (Å²) in [6.07, 6.45) is 0.156. The molecule has 1 atom stereocenters. The van der Waals surface area contributed by atoms with E-state index in [0.29, 0.717) is 5.56 Å². The zero-order valence-corrected chi connectivity index (χ0v) is 12.1. The van der Waals surface area contributed by atoms with Crippen LogP contribution in [0, 0.1) is 6.92 Å². The van der Waals surface area contributed by atoms with Crippen molar-refractivity contribution in [2.75, 3.05) is 5.32 Å². The Hall–Kier alpha value is -2.42. The van der Waals surface area contributed by atoms with E-state index < -0.39 is 5.54 Å². The standard InChI is InChI=1S/C18H17NO2/c1-12-7-9-14(10-8-12)18(11-13(2)20)17(21)15-5-3-4-6-16(15)19-18/h3-10,19H,11H2,1-2H3/t18-/m0/s1. The number of nitrogens with one attached hydrogen (secondary N) is 1. The molecule has 3 rings (SSSR count). The fourth-order valence-electron chi connectivity index (χ4n) is 2.95. The van der Waals surface area contributed by atoms with Gasteiger partial charge in [0.2, 0.25) is 0 Å². The number of carbonyl (C=O) groups excluding carboxylic acids is 2. The minimum atomic E-state index is -0.969. The fraction of sp³-hybridized carbons (Fsp3) is 0.222. The normalized spacial score (nSPS) is 20.0. The van der Waals surface area contributed by atoms with Gasteiger partial charge in [0.15, 0.2) is 5.78 Å². The van der Waals surface area contributed by atoms with Crippen molar-refractivity contribution in [1.29, 1.82) is 0 Å². The maximum absolute atomic E-state index is 12.9. The van der Waals surface area contributed by atoms with E-state index in [1.165, 1.54) is 6.92 Å². The Bertz CT molecular complexity index is 718. The molecule has 1 aliphatic rings. The molecule has 2 aromatic rings. The summed E-state index contributed by atoms with van der Waals surface area (Å²) in [6, 6.07) is 15.2. The highest BCUT2D eigenvalue weighted by Crippen LogP contribution is 2.41. The first kappa shape index (κ1) is 13.6. The number of rotatable bonds is 3. The van der Waals surface area contributed by atoms with Crippen molar-refractivity contribution < 1.29 is 9.59 Å². The van der Waals surface area contributed by atoms with Crippen molar-refractivity contribution in [3.63, 3.8) is 0 Å². The number of benzene rings is 2. The van der Waals surface area contributed by atoms with E-state index in [1.54, 1.807) is 6.07 Å². The van der Waals surface area contributed by atoms with Crippen molar-refractivity contribution in [2.24, 2.45) is 0 Å². The minimum absolute atomic E-state index is 0.00997. The predicted octanol–water partition coefficient (Wildman–Crippen LogP) is 3.48. The molecule has 0 spiro atoms. The number of ketones is 2. The second-order valence-electron chi connectivity index (χ2n) is 5.65. The summed E-state index contributed by atoms with van der Waals surface area (Å²) < 4.78 is 0. The second-order valence-corrected chi connectivity index (χ2v) is 5.65. The van der Waals surface area contributed by atoms with Gasteiger partial charge >= 0.3 is 0 Å². The van der Waals surface area contributed by atoms with Crippen LogP contribution in [-0.4, -0.2) is 11.6 Å². The van der Waals surface area contributed by atoms with Gasteiger partial charge in [-0.1, -0.05) is 42.0 Å². The molecule has 0 amide bonds. The third-order valence-electron chi connectivity index (χ3n) is 3.97. The molecule has 3 nitrogen and oxygen atoms in total. The summed E-state index contributed by atoms with van der Waals surface area (Å²) in [5, 5.41) is 3.29. The van der Waals surface area contributed by atoms with Gasteiger partial charge < -0.3 is 5.32 Å². The lowest BCUT2D eigenvalue weighted by atomic mass is 9.81. The number of aryl methyl sites for hydroxylation is 1. The molecule has 0 aliphatic carbocycles. The third kappa shape index (κ3) is 2.15. The Labute approximate surface area is 124 Å². The van der Waals surface area contributed by atoms with Crippen molar-refractivity contribution in [2.45, 2.75) is 25.8 Å². The average Bonchev–Trinajstić information content (AvgIpc) is 2.73. The molecule has 0 fully saturated rings. The highest BCUT2D eigenvalue weighted by Gasteiger charge is 2.47. The van der Waals surface area contributed by atoms with Gasteiger partial charge in [-0.25, -0.2) is 0 Å². The van der Waals surface area contributed by atoms with Gasteiger partial charge in [0.25, 0.3) is 0 Å². The van der Waals surface area contributed by atoms with Crippen LogP contribution < -0.4 is 5.32 Å². The maximum atomic E-state index is 12.9. The van der Waals surface area contributed by atoms with E-state index in [1.807, 2.05) is 49.4 Å². The van der Waals surface area contributed by atoms with E-state index in [0.717, 1.165) is 16.8 Å². The lowest BCUT2D eigenvalue weighted by molar-refractivity contribution is -0.117.